The Kier molecular flexibility index (Phi) is 7.09. The number of nitrogens with zero attached hydrogens (tertiary/aromatic N) is 1. The minimum atomic E-state index is -0.475. The molecule has 1 aliphatic heterocycles. The van der Waals surface area contributed by atoms with Crippen LogP contribution in [0.5, 0.6) is 0 Å². The maximum Gasteiger partial charge on any atom is 0.0909 e. The largest absolute Gasteiger partial charge is 0.387 e. The Morgan fingerprint density at radius 1 is 1.18 bits per heavy atom. The first-order chi connectivity index (χ1) is 8.16. The monoisotopic (exact) mass is 242 g/mol. The number of likely N-dealkylation sites (N-methyl/N-ethyl adjacent to an activating group) is 1. The van der Waals surface area contributed by atoms with E-state index in [0.29, 0.717) is 0 Å². The highest BCUT2D eigenvalue weighted by molar-refractivity contribution is 4.89. The summed E-state index contributed by atoms with van der Waals surface area (Å²) in [7, 11) is 2.13. The average molecular weight is 242 g/mol. The Morgan fingerprint density at radius 3 is 2.53 bits per heavy atom. The van der Waals surface area contributed by atoms with Gasteiger partial charge in [-0.2, -0.15) is 0 Å². The molecule has 2 N–H and O–H groups in total. The number of hydrogen-bond donors (Lipinski definition) is 2. The molecule has 0 aromatic carbocycles. The molecular weight excluding hydrogens is 212 g/mol. The molecule has 0 aromatic rings. The molecule has 1 atom stereocenters. The Bertz CT molecular complexity index is 191. The summed E-state index contributed by atoms with van der Waals surface area (Å²) >= 11 is 0. The number of unbranched alkanes of at least 4 members (excludes halogenated alkanes) is 5. The number of nitrogens with one attached hydrogen (secondary N) is 1. The minimum absolute atomic E-state index is 0.475. The molecule has 0 aromatic heterocycles. The Labute approximate surface area is 107 Å². The molecule has 1 rings (SSSR count). The van der Waals surface area contributed by atoms with E-state index in [4.69, 9.17) is 0 Å². The zero-order valence-electron chi connectivity index (χ0n) is 11.7. The third-order valence-corrected chi connectivity index (χ3v) is 3.68. The van der Waals surface area contributed by atoms with Gasteiger partial charge in [0.15, 0.2) is 0 Å². The van der Waals surface area contributed by atoms with Crippen molar-refractivity contribution in [1.82, 2.24) is 10.2 Å². The van der Waals surface area contributed by atoms with Gasteiger partial charge in [-0.05, 0) is 33.0 Å². The van der Waals surface area contributed by atoms with Crippen molar-refractivity contribution in [1.29, 1.82) is 0 Å². The zero-order chi connectivity index (χ0) is 12.6. The normalized spacial score (nSPS) is 24.7. The van der Waals surface area contributed by atoms with Gasteiger partial charge in [-0.3, -0.25) is 0 Å². The molecule has 3 heteroatoms. The third kappa shape index (κ3) is 6.39. The topological polar surface area (TPSA) is 35.5 Å². The van der Waals surface area contributed by atoms with Gasteiger partial charge in [-0.15, -0.1) is 0 Å². The van der Waals surface area contributed by atoms with Crippen molar-refractivity contribution in [2.75, 3.05) is 33.2 Å². The summed E-state index contributed by atoms with van der Waals surface area (Å²) in [6.45, 7) is 5.91. The van der Waals surface area contributed by atoms with Crippen molar-refractivity contribution in [3.8, 4) is 0 Å². The van der Waals surface area contributed by atoms with Gasteiger partial charge in [0, 0.05) is 13.1 Å². The molecule has 3 nitrogen and oxygen atoms in total. The highest BCUT2D eigenvalue weighted by Gasteiger charge is 2.31. The van der Waals surface area contributed by atoms with Gasteiger partial charge in [0.25, 0.3) is 0 Å². The standard InChI is InChI=1S/C14H30N2O/c1-3-4-5-6-7-8-11-16(2)13-14(17)9-10-15-12-14/h15,17H,3-13H2,1-2H3. The lowest BCUT2D eigenvalue weighted by Gasteiger charge is -2.27. The predicted octanol–water partition coefficient (Wildman–Crippen LogP) is 2.00. The highest BCUT2D eigenvalue weighted by Crippen LogP contribution is 2.15. The van der Waals surface area contributed by atoms with E-state index in [0.717, 1.165) is 32.6 Å². The summed E-state index contributed by atoms with van der Waals surface area (Å²) in [6.07, 6.45) is 8.95. The molecule has 1 fully saturated rings. The Balaban J connectivity index is 1.99. The zero-order valence-corrected chi connectivity index (χ0v) is 11.7. The van der Waals surface area contributed by atoms with Gasteiger partial charge in [-0.1, -0.05) is 39.0 Å². The lowest BCUT2D eigenvalue weighted by molar-refractivity contribution is 0.0280. The fourth-order valence-corrected chi connectivity index (χ4v) is 2.61. The summed E-state index contributed by atoms with van der Waals surface area (Å²) in [6, 6.07) is 0. The molecule has 0 spiro atoms. The van der Waals surface area contributed by atoms with Crippen LogP contribution >= 0.6 is 0 Å². The van der Waals surface area contributed by atoms with Crippen LogP contribution in [-0.2, 0) is 0 Å². The SMILES string of the molecule is CCCCCCCCN(C)CC1(O)CCNC1. The maximum absolute atomic E-state index is 10.2. The van der Waals surface area contributed by atoms with Crippen LogP contribution in [0.3, 0.4) is 0 Å². The fraction of sp³-hybridized carbons (Fsp3) is 1.00. The molecule has 17 heavy (non-hydrogen) atoms. The van der Waals surface area contributed by atoms with Gasteiger partial charge in [0.05, 0.1) is 5.60 Å². The van der Waals surface area contributed by atoms with Crippen molar-refractivity contribution >= 4 is 0 Å². The third-order valence-electron chi connectivity index (χ3n) is 3.68. The van der Waals surface area contributed by atoms with Gasteiger partial charge in [-0.25, -0.2) is 0 Å². The van der Waals surface area contributed by atoms with Crippen molar-refractivity contribution in [2.45, 2.75) is 57.5 Å². The van der Waals surface area contributed by atoms with E-state index in [2.05, 4.69) is 24.2 Å². The molecular formula is C14H30N2O. The first-order valence-corrected chi connectivity index (χ1v) is 7.28. The lowest BCUT2D eigenvalue weighted by Crippen LogP contribution is -2.43. The molecule has 0 radical (unpaired) electrons. The van der Waals surface area contributed by atoms with Crippen LogP contribution in [0.2, 0.25) is 0 Å². The van der Waals surface area contributed by atoms with Crippen LogP contribution in [0, 0.1) is 0 Å². The molecule has 0 saturated carbocycles. The van der Waals surface area contributed by atoms with Crippen molar-refractivity contribution in [3.63, 3.8) is 0 Å². The number of aliphatic hydroxyl groups is 1. The van der Waals surface area contributed by atoms with Gasteiger partial charge in [0.2, 0.25) is 0 Å². The number of β-amino-alcohol motifs (C(OH)–C–C–N with tert-alkyl or cyclic N) is 1. The summed E-state index contributed by atoms with van der Waals surface area (Å²) in [4.78, 5) is 2.28. The van der Waals surface area contributed by atoms with Gasteiger partial charge >= 0.3 is 0 Å². The predicted molar refractivity (Wildman–Crippen MR) is 73.3 cm³/mol. The second-order valence-electron chi connectivity index (χ2n) is 5.66. The second kappa shape index (κ2) is 8.06. The summed E-state index contributed by atoms with van der Waals surface area (Å²) in [5, 5.41) is 13.5. The maximum atomic E-state index is 10.2. The summed E-state index contributed by atoms with van der Waals surface area (Å²) in [5.41, 5.74) is -0.475. The molecule has 102 valence electrons. The summed E-state index contributed by atoms with van der Waals surface area (Å²) < 4.78 is 0. The van der Waals surface area contributed by atoms with E-state index in [9.17, 15) is 5.11 Å². The smallest absolute Gasteiger partial charge is 0.0909 e. The van der Waals surface area contributed by atoms with Crippen LogP contribution < -0.4 is 5.32 Å². The number of rotatable bonds is 9. The Hall–Kier alpha value is -0.120. The van der Waals surface area contributed by atoms with E-state index < -0.39 is 5.60 Å². The second-order valence-corrected chi connectivity index (χ2v) is 5.66. The van der Waals surface area contributed by atoms with Crippen molar-refractivity contribution in [3.05, 3.63) is 0 Å². The van der Waals surface area contributed by atoms with Crippen LogP contribution in [0.4, 0.5) is 0 Å². The van der Waals surface area contributed by atoms with E-state index in [1.54, 1.807) is 0 Å². The Morgan fingerprint density at radius 2 is 1.88 bits per heavy atom. The molecule has 0 amide bonds. The van der Waals surface area contributed by atoms with Crippen LogP contribution in [0.25, 0.3) is 0 Å². The highest BCUT2D eigenvalue weighted by atomic mass is 16.3. The average Bonchev–Trinajstić information content (AvgIpc) is 2.70. The van der Waals surface area contributed by atoms with Crippen molar-refractivity contribution < 1.29 is 5.11 Å². The van der Waals surface area contributed by atoms with E-state index in [1.807, 2.05) is 0 Å². The van der Waals surface area contributed by atoms with E-state index in [-0.39, 0.29) is 0 Å². The quantitative estimate of drug-likeness (QED) is 0.607. The van der Waals surface area contributed by atoms with Gasteiger partial charge in [0.1, 0.15) is 0 Å². The van der Waals surface area contributed by atoms with E-state index >= 15 is 0 Å². The lowest BCUT2D eigenvalue weighted by atomic mass is 10.0. The molecule has 1 saturated heterocycles. The first-order valence-electron chi connectivity index (χ1n) is 7.28. The van der Waals surface area contributed by atoms with E-state index in [1.165, 1.54) is 38.5 Å². The van der Waals surface area contributed by atoms with Crippen LogP contribution in [0.15, 0.2) is 0 Å². The van der Waals surface area contributed by atoms with Crippen LogP contribution in [-0.4, -0.2) is 48.8 Å². The van der Waals surface area contributed by atoms with Gasteiger partial charge < -0.3 is 15.3 Å². The van der Waals surface area contributed by atoms with Crippen LogP contribution in [0.1, 0.15) is 51.9 Å². The number of hydrogen-bond acceptors (Lipinski definition) is 3. The molecule has 1 aliphatic rings. The minimum Gasteiger partial charge on any atom is -0.387 e. The molecule has 1 heterocycles. The first kappa shape index (κ1) is 14.9. The molecule has 1 unspecified atom stereocenters. The molecule has 0 aliphatic carbocycles. The molecule has 0 bridgehead atoms. The van der Waals surface area contributed by atoms with Crippen molar-refractivity contribution in [2.24, 2.45) is 0 Å². The summed E-state index contributed by atoms with van der Waals surface area (Å²) in [5.74, 6) is 0. The fourth-order valence-electron chi connectivity index (χ4n) is 2.61.